The molecule has 1 atom stereocenters. The predicted molar refractivity (Wildman–Crippen MR) is 60.9 cm³/mol. The molecule has 2 nitrogen and oxygen atoms in total. The van der Waals surface area contributed by atoms with E-state index in [9.17, 15) is 13.2 Å². The minimum Gasteiger partial charge on any atom is -0.469 e. The molecule has 0 saturated carbocycles. The van der Waals surface area contributed by atoms with Crippen molar-refractivity contribution in [1.29, 1.82) is 0 Å². The van der Waals surface area contributed by atoms with Crippen LogP contribution in [0.4, 0.5) is 13.2 Å². The Kier molecular flexibility index (Phi) is 3.17. The second kappa shape index (κ2) is 4.49. The Morgan fingerprint density at radius 1 is 1.17 bits per heavy atom. The third-order valence-electron chi connectivity index (χ3n) is 2.68. The first-order chi connectivity index (χ1) is 8.38. The van der Waals surface area contributed by atoms with Gasteiger partial charge in [-0.05, 0) is 30.7 Å². The number of benzene rings is 1. The van der Waals surface area contributed by atoms with Gasteiger partial charge in [0.05, 0.1) is 17.9 Å². The molecule has 5 heteroatoms. The van der Waals surface area contributed by atoms with E-state index < -0.39 is 17.8 Å². The van der Waals surface area contributed by atoms with E-state index in [1.165, 1.54) is 12.3 Å². The van der Waals surface area contributed by atoms with E-state index in [0.717, 1.165) is 12.1 Å². The molecule has 2 aromatic rings. The zero-order valence-electron chi connectivity index (χ0n) is 9.66. The zero-order chi connectivity index (χ0) is 13.3. The first kappa shape index (κ1) is 12.7. The van der Waals surface area contributed by atoms with Gasteiger partial charge in [0.1, 0.15) is 5.76 Å². The van der Waals surface area contributed by atoms with E-state index in [4.69, 9.17) is 10.2 Å². The molecule has 0 aliphatic rings. The van der Waals surface area contributed by atoms with Gasteiger partial charge in [0.25, 0.3) is 0 Å². The fraction of sp³-hybridized carbons (Fsp3) is 0.231. The molecule has 0 fully saturated rings. The van der Waals surface area contributed by atoms with Gasteiger partial charge in [0, 0.05) is 5.56 Å². The highest BCUT2D eigenvalue weighted by atomic mass is 19.4. The molecule has 96 valence electrons. The fourth-order valence-corrected chi connectivity index (χ4v) is 1.73. The second-order valence-electron chi connectivity index (χ2n) is 4.09. The Morgan fingerprint density at radius 3 is 2.44 bits per heavy atom. The maximum Gasteiger partial charge on any atom is 0.416 e. The molecule has 0 saturated heterocycles. The van der Waals surface area contributed by atoms with E-state index in [2.05, 4.69) is 0 Å². The van der Waals surface area contributed by atoms with Crippen molar-refractivity contribution in [2.24, 2.45) is 5.73 Å². The molecule has 1 heterocycles. The summed E-state index contributed by atoms with van der Waals surface area (Å²) in [5.74, 6) is 0.674. The van der Waals surface area contributed by atoms with Crippen molar-refractivity contribution in [3.05, 3.63) is 59.0 Å². The lowest BCUT2D eigenvalue weighted by molar-refractivity contribution is -0.137. The number of aryl methyl sites for hydroxylation is 1. The van der Waals surface area contributed by atoms with Gasteiger partial charge < -0.3 is 10.2 Å². The zero-order valence-corrected chi connectivity index (χ0v) is 9.66. The van der Waals surface area contributed by atoms with Gasteiger partial charge in [0.2, 0.25) is 0 Å². The highest BCUT2D eigenvalue weighted by Gasteiger charge is 2.30. The van der Waals surface area contributed by atoms with Gasteiger partial charge in [-0.2, -0.15) is 13.2 Å². The van der Waals surface area contributed by atoms with Crippen LogP contribution in [0.2, 0.25) is 0 Å². The van der Waals surface area contributed by atoms with Gasteiger partial charge in [-0.25, -0.2) is 0 Å². The van der Waals surface area contributed by atoms with Crippen molar-refractivity contribution in [3.8, 4) is 0 Å². The van der Waals surface area contributed by atoms with Gasteiger partial charge >= 0.3 is 6.18 Å². The molecule has 0 amide bonds. The predicted octanol–water partition coefficient (Wildman–Crippen LogP) is 3.65. The Balaban J connectivity index is 2.34. The number of halogens is 3. The summed E-state index contributed by atoms with van der Waals surface area (Å²) in [6.45, 7) is 1.75. The van der Waals surface area contributed by atoms with Crippen LogP contribution in [0.5, 0.6) is 0 Å². The van der Waals surface area contributed by atoms with Crippen LogP contribution in [0.3, 0.4) is 0 Å². The first-order valence-electron chi connectivity index (χ1n) is 5.35. The standard InChI is InChI=1S/C13H12F3NO/c1-8-5-10(7-18-8)12(17)9-3-2-4-11(6-9)13(14,15)16/h2-7,12H,17H2,1H3. The molecular formula is C13H12F3NO. The third kappa shape index (κ3) is 2.56. The molecule has 1 aromatic heterocycles. The van der Waals surface area contributed by atoms with Gasteiger partial charge in [-0.1, -0.05) is 12.1 Å². The molecule has 1 unspecified atom stereocenters. The Hall–Kier alpha value is -1.75. The average Bonchev–Trinajstić information content (AvgIpc) is 2.74. The smallest absolute Gasteiger partial charge is 0.416 e. The van der Waals surface area contributed by atoms with E-state index in [0.29, 0.717) is 16.9 Å². The molecule has 2 rings (SSSR count). The first-order valence-corrected chi connectivity index (χ1v) is 5.35. The maximum atomic E-state index is 12.6. The fourth-order valence-electron chi connectivity index (χ4n) is 1.73. The number of hydrogen-bond acceptors (Lipinski definition) is 2. The molecular weight excluding hydrogens is 243 g/mol. The van der Waals surface area contributed by atoms with E-state index >= 15 is 0 Å². The van der Waals surface area contributed by atoms with Gasteiger partial charge in [-0.3, -0.25) is 0 Å². The number of hydrogen-bond donors (Lipinski definition) is 1. The molecule has 18 heavy (non-hydrogen) atoms. The summed E-state index contributed by atoms with van der Waals surface area (Å²) in [5.41, 5.74) is 6.28. The SMILES string of the molecule is Cc1cc(C(N)c2cccc(C(F)(F)F)c2)co1. The molecule has 0 bridgehead atoms. The molecule has 2 N–H and O–H groups in total. The molecule has 0 aliphatic heterocycles. The van der Waals surface area contributed by atoms with E-state index in [1.807, 2.05) is 0 Å². The van der Waals surface area contributed by atoms with Crippen molar-refractivity contribution < 1.29 is 17.6 Å². The minimum absolute atomic E-state index is 0.408. The van der Waals surface area contributed by atoms with Crippen molar-refractivity contribution in [3.63, 3.8) is 0 Å². The normalized spacial score (nSPS) is 13.6. The average molecular weight is 255 g/mol. The highest BCUT2D eigenvalue weighted by molar-refractivity contribution is 5.34. The molecule has 0 aliphatic carbocycles. The summed E-state index contributed by atoms with van der Waals surface area (Å²) >= 11 is 0. The van der Waals surface area contributed by atoms with Crippen molar-refractivity contribution in [2.45, 2.75) is 19.1 Å². The number of alkyl halides is 3. The van der Waals surface area contributed by atoms with Crippen LogP contribution in [0.25, 0.3) is 0 Å². The molecule has 1 aromatic carbocycles. The van der Waals surface area contributed by atoms with Crippen LogP contribution in [-0.2, 0) is 6.18 Å². The van der Waals surface area contributed by atoms with Crippen LogP contribution in [0.1, 0.15) is 28.5 Å². The van der Waals surface area contributed by atoms with Crippen LogP contribution in [0, 0.1) is 6.92 Å². The topological polar surface area (TPSA) is 39.2 Å². The van der Waals surface area contributed by atoms with Crippen LogP contribution in [0.15, 0.2) is 41.0 Å². The monoisotopic (exact) mass is 255 g/mol. The quantitative estimate of drug-likeness (QED) is 0.889. The lowest BCUT2D eigenvalue weighted by atomic mass is 10.00. The lowest BCUT2D eigenvalue weighted by Crippen LogP contribution is -2.13. The maximum absolute atomic E-state index is 12.6. The summed E-state index contributed by atoms with van der Waals surface area (Å²) in [4.78, 5) is 0. The summed E-state index contributed by atoms with van der Waals surface area (Å²) in [6, 6.07) is 6.10. The van der Waals surface area contributed by atoms with Crippen LogP contribution < -0.4 is 5.73 Å². The number of nitrogens with two attached hydrogens (primary N) is 1. The summed E-state index contributed by atoms with van der Waals surface area (Å²) < 4.78 is 42.8. The third-order valence-corrected chi connectivity index (χ3v) is 2.68. The lowest BCUT2D eigenvalue weighted by Gasteiger charge is -2.13. The Labute approximate surface area is 102 Å². The highest BCUT2D eigenvalue weighted by Crippen LogP contribution is 2.31. The van der Waals surface area contributed by atoms with Gasteiger partial charge in [-0.15, -0.1) is 0 Å². The van der Waals surface area contributed by atoms with Crippen LogP contribution in [-0.4, -0.2) is 0 Å². The summed E-state index contributed by atoms with van der Waals surface area (Å²) in [7, 11) is 0. The summed E-state index contributed by atoms with van der Waals surface area (Å²) in [5, 5.41) is 0. The molecule has 0 spiro atoms. The largest absolute Gasteiger partial charge is 0.469 e. The Morgan fingerprint density at radius 2 is 1.89 bits per heavy atom. The van der Waals surface area contributed by atoms with Crippen molar-refractivity contribution >= 4 is 0 Å². The second-order valence-corrected chi connectivity index (χ2v) is 4.09. The number of rotatable bonds is 2. The minimum atomic E-state index is -4.36. The van der Waals surface area contributed by atoms with E-state index in [1.54, 1.807) is 19.1 Å². The molecule has 0 radical (unpaired) electrons. The van der Waals surface area contributed by atoms with Gasteiger partial charge in [0.15, 0.2) is 0 Å². The Bertz CT molecular complexity index is 545. The van der Waals surface area contributed by atoms with Crippen molar-refractivity contribution in [1.82, 2.24) is 0 Å². The van der Waals surface area contributed by atoms with E-state index in [-0.39, 0.29) is 0 Å². The van der Waals surface area contributed by atoms with Crippen molar-refractivity contribution in [2.75, 3.05) is 0 Å². The number of furan rings is 1. The van der Waals surface area contributed by atoms with Crippen LogP contribution >= 0.6 is 0 Å². The summed E-state index contributed by atoms with van der Waals surface area (Å²) in [6.07, 6.45) is -2.90.